The Kier molecular flexibility index (Phi) is 14.7. The topological polar surface area (TPSA) is 46.5 Å². The normalized spacial score (nSPS) is 11.5. The first kappa shape index (κ1) is 24.0. The summed E-state index contributed by atoms with van der Waals surface area (Å²) in [5.41, 5.74) is 0.293. The maximum atomic E-state index is 10.8. The highest BCUT2D eigenvalue weighted by molar-refractivity contribution is 5.87. The van der Waals surface area contributed by atoms with Crippen molar-refractivity contribution in [2.45, 2.75) is 84.0 Å². The lowest BCUT2D eigenvalue weighted by atomic mass is 10.1. The van der Waals surface area contributed by atoms with Crippen molar-refractivity contribution < 1.29 is 14.6 Å². The van der Waals surface area contributed by atoms with Crippen LogP contribution < -0.4 is 4.74 Å². The second-order valence-electron chi connectivity index (χ2n) is 7.26. The first-order valence-corrected chi connectivity index (χ1v) is 11.0. The molecule has 156 valence electrons. The molecule has 0 aliphatic heterocycles. The Hall–Kier alpha value is -2.03. The molecule has 0 saturated heterocycles. The summed E-state index contributed by atoms with van der Waals surface area (Å²) in [6, 6.07) is 6.60. The Labute approximate surface area is 171 Å². The summed E-state index contributed by atoms with van der Waals surface area (Å²) in [5.74, 6) is -0.163. The summed E-state index contributed by atoms with van der Waals surface area (Å²) < 4.78 is 5.65. The molecule has 3 nitrogen and oxygen atoms in total. The van der Waals surface area contributed by atoms with E-state index >= 15 is 0 Å². The average Bonchev–Trinajstić information content (AvgIpc) is 2.70. The average molecular weight is 387 g/mol. The van der Waals surface area contributed by atoms with Gasteiger partial charge >= 0.3 is 5.97 Å². The van der Waals surface area contributed by atoms with E-state index in [9.17, 15) is 4.79 Å². The first-order valence-electron chi connectivity index (χ1n) is 11.0. The Balaban J connectivity index is 1.87. The Morgan fingerprint density at radius 3 is 2.00 bits per heavy atom. The SMILES string of the molecule is CCCCC/C=C\C/C=C\CCCCCCCCOc1ccc(C(=O)O)cc1. The van der Waals surface area contributed by atoms with Gasteiger partial charge in [0, 0.05) is 0 Å². The van der Waals surface area contributed by atoms with Crippen LogP contribution in [0.15, 0.2) is 48.6 Å². The second-order valence-corrected chi connectivity index (χ2v) is 7.26. The van der Waals surface area contributed by atoms with E-state index in [0.29, 0.717) is 12.2 Å². The summed E-state index contributed by atoms with van der Waals surface area (Å²) in [5, 5.41) is 8.86. The Morgan fingerprint density at radius 2 is 1.39 bits per heavy atom. The van der Waals surface area contributed by atoms with E-state index in [1.54, 1.807) is 24.3 Å². The molecule has 1 rings (SSSR count). The lowest BCUT2D eigenvalue weighted by Crippen LogP contribution is -1.99. The summed E-state index contributed by atoms with van der Waals surface area (Å²) in [6.45, 7) is 2.94. The van der Waals surface area contributed by atoms with Gasteiger partial charge in [-0.3, -0.25) is 0 Å². The highest BCUT2D eigenvalue weighted by Crippen LogP contribution is 2.13. The molecule has 28 heavy (non-hydrogen) atoms. The standard InChI is InChI=1S/C25H38O3/c1-2-3-4-5-6-7-8-9-10-11-12-13-14-15-16-17-22-28-24-20-18-23(19-21-24)25(26)27/h6-7,9-10,18-21H,2-5,8,11-17,22H2,1H3,(H,26,27)/b7-6-,10-9-. The summed E-state index contributed by atoms with van der Waals surface area (Å²) in [4.78, 5) is 10.8. The molecule has 3 heteroatoms. The Bertz CT molecular complexity index is 558. The molecule has 0 radical (unpaired) electrons. The lowest BCUT2D eigenvalue weighted by molar-refractivity contribution is 0.0697. The molecule has 1 aromatic rings. The summed E-state index contributed by atoms with van der Waals surface area (Å²) in [7, 11) is 0. The highest BCUT2D eigenvalue weighted by atomic mass is 16.5. The number of carboxylic acid groups (broad SMARTS) is 1. The number of carboxylic acids is 1. The van der Waals surface area contributed by atoms with Crippen LogP contribution in [-0.4, -0.2) is 17.7 Å². The van der Waals surface area contributed by atoms with Gasteiger partial charge in [0.05, 0.1) is 12.2 Å². The molecule has 0 heterocycles. The number of ether oxygens (including phenoxy) is 1. The maximum Gasteiger partial charge on any atom is 0.335 e. The number of carbonyl (C=O) groups is 1. The fourth-order valence-corrected chi connectivity index (χ4v) is 2.97. The molecule has 0 aromatic heterocycles. The number of benzene rings is 1. The van der Waals surface area contributed by atoms with Crippen molar-refractivity contribution in [2.75, 3.05) is 6.61 Å². The van der Waals surface area contributed by atoms with Crippen LogP contribution in [0.25, 0.3) is 0 Å². The quantitative estimate of drug-likeness (QED) is 0.222. The van der Waals surface area contributed by atoms with E-state index in [0.717, 1.165) is 18.6 Å². The van der Waals surface area contributed by atoms with Gasteiger partial charge in [-0.15, -0.1) is 0 Å². The van der Waals surface area contributed by atoms with Gasteiger partial charge in [0.1, 0.15) is 5.75 Å². The van der Waals surface area contributed by atoms with Gasteiger partial charge in [-0.05, 0) is 62.8 Å². The Morgan fingerprint density at radius 1 is 0.821 bits per heavy atom. The molecule has 0 atom stereocenters. The molecule has 0 aliphatic rings. The predicted molar refractivity (Wildman–Crippen MR) is 118 cm³/mol. The van der Waals surface area contributed by atoms with Gasteiger partial charge in [-0.2, -0.15) is 0 Å². The number of hydrogen-bond donors (Lipinski definition) is 1. The fraction of sp³-hybridized carbons (Fsp3) is 0.560. The van der Waals surface area contributed by atoms with Crippen molar-refractivity contribution in [2.24, 2.45) is 0 Å². The van der Waals surface area contributed by atoms with Crippen molar-refractivity contribution in [1.82, 2.24) is 0 Å². The van der Waals surface area contributed by atoms with E-state index in [2.05, 4.69) is 31.2 Å². The van der Waals surface area contributed by atoms with Gasteiger partial charge in [0.2, 0.25) is 0 Å². The minimum atomic E-state index is -0.906. The zero-order valence-corrected chi connectivity index (χ0v) is 17.6. The molecule has 0 fully saturated rings. The van der Waals surface area contributed by atoms with Gasteiger partial charge < -0.3 is 9.84 Å². The van der Waals surface area contributed by atoms with E-state index in [4.69, 9.17) is 9.84 Å². The van der Waals surface area contributed by atoms with Gasteiger partial charge in [0.25, 0.3) is 0 Å². The van der Waals surface area contributed by atoms with E-state index in [1.807, 2.05) is 0 Å². The zero-order valence-electron chi connectivity index (χ0n) is 17.6. The van der Waals surface area contributed by atoms with Crippen LogP contribution in [0.5, 0.6) is 5.75 Å². The monoisotopic (exact) mass is 386 g/mol. The van der Waals surface area contributed by atoms with Gasteiger partial charge in [-0.25, -0.2) is 4.79 Å². The highest BCUT2D eigenvalue weighted by Gasteiger charge is 2.01. The summed E-state index contributed by atoms with van der Waals surface area (Å²) >= 11 is 0. The van der Waals surface area contributed by atoms with Crippen molar-refractivity contribution in [3.63, 3.8) is 0 Å². The van der Waals surface area contributed by atoms with Crippen molar-refractivity contribution in [3.05, 3.63) is 54.1 Å². The smallest absolute Gasteiger partial charge is 0.335 e. The largest absolute Gasteiger partial charge is 0.494 e. The molecule has 0 spiro atoms. The third-order valence-corrected chi connectivity index (χ3v) is 4.71. The van der Waals surface area contributed by atoms with Crippen LogP contribution in [0.4, 0.5) is 0 Å². The number of aromatic carboxylic acids is 1. The number of hydrogen-bond acceptors (Lipinski definition) is 2. The second kappa shape index (κ2) is 17.1. The number of unbranched alkanes of at least 4 members (excludes halogenated alkanes) is 9. The van der Waals surface area contributed by atoms with E-state index < -0.39 is 5.97 Å². The first-order chi connectivity index (χ1) is 13.7. The molecule has 0 bridgehead atoms. The van der Waals surface area contributed by atoms with Crippen LogP contribution in [0, 0.1) is 0 Å². The van der Waals surface area contributed by atoms with Crippen LogP contribution in [-0.2, 0) is 0 Å². The van der Waals surface area contributed by atoms with Crippen LogP contribution >= 0.6 is 0 Å². The van der Waals surface area contributed by atoms with Crippen LogP contribution in [0.1, 0.15) is 94.3 Å². The third kappa shape index (κ3) is 13.2. The van der Waals surface area contributed by atoms with Crippen molar-refractivity contribution in [1.29, 1.82) is 0 Å². The lowest BCUT2D eigenvalue weighted by Gasteiger charge is -2.06. The molecule has 0 unspecified atom stereocenters. The van der Waals surface area contributed by atoms with Crippen molar-refractivity contribution >= 4 is 5.97 Å². The molecule has 1 N–H and O–H groups in total. The minimum Gasteiger partial charge on any atom is -0.494 e. The van der Waals surface area contributed by atoms with E-state index in [1.165, 1.54) is 64.2 Å². The van der Waals surface area contributed by atoms with Crippen molar-refractivity contribution in [3.8, 4) is 5.75 Å². The number of allylic oxidation sites excluding steroid dienone is 4. The van der Waals surface area contributed by atoms with Gasteiger partial charge in [-0.1, -0.05) is 69.8 Å². The predicted octanol–water partition coefficient (Wildman–Crippen LogP) is 7.58. The molecular formula is C25H38O3. The molecule has 0 amide bonds. The van der Waals surface area contributed by atoms with Crippen LogP contribution in [0.2, 0.25) is 0 Å². The fourth-order valence-electron chi connectivity index (χ4n) is 2.97. The maximum absolute atomic E-state index is 10.8. The van der Waals surface area contributed by atoms with E-state index in [-0.39, 0.29) is 0 Å². The van der Waals surface area contributed by atoms with Gasteiger partial charge in [0.15, 0.2) is 0 Å². The molecule has 0 aliphatic carbocycles. The number of rotatable bonds is 17. The molecular weight excluding hydrogens is 348 g/mol. The third-order valence-electron chi connectivity index (χ3n) is 4.71. The minimum absolute atomic E-state index is 0.293. The molecule has 0 saturated carbocycles. The molecule has 1 aromatic carbocycles. The van der Waals surface area contributed by atoms with Crippen LogP contribution in [0.3, 0.4) is 0 Å². The zero-order chi connectivity index (χ0) is 20.3. The summed E-state index contributed by atoms with van der Waals surface area (Å²) in [6.07, 6.45) is 24.0.